The van der Waals surface area contributed by atoms with Crippen LogP contribution >= 0.6 is 0 Å². The fourth-order valence-corrected chi connectivity index (χ4v) is 3.31. The maximum absolute atomic E-state index is 12.3. The molecule has 0 radical (unpaired) electrons. The highest BCUT2D eigenvalue weighted by Gasteiger charge is 2.24. The molecule has 0 spiro atoms. The second-order valence-corrected chi connectivity index (χ2v) is 7.06. The monoisotopic (exact) mass is 411 g/mol. The van der Waals surface area contributed by atoms with Gasteiger partial charge in [0, 0.05) is 42.3 Å². The largest absolute Gasteiger partial charge is 0.299 e. The van der Waals surface area contributed by atoms with Gasteiger partial charge in [-0.05, 0) is 31.5 Å². The van der Waals surface area contributed by atoms with Gasteiger partial charge in [-0.15, -0.1) is 0 Å². The van der Waals surface area contributed by atoms with Crippen molar-refractivity contribution in [1.29, 1.82) is 0 Å². The number of hydrazone groups is 1. The number of nitrogens with one attached hydrogen (secondary N) is 1. The minimum Gasteiger partial charge on any atom is -0.299 e. The number of nitro groups is 2. The summed E-state index contributed by atoms with van der Waals surface area (Å²) in [5.41, 5.74) is 4.06. The van der Waals surface area contributed by atoms with Gasteiger partial charge in [-0.2, -0.15) is 5.10 Å². The Kier molecular flexibility index (Phi) is 6.81. The van der Waals surface area contributed by atoms with Crippen LogP contribution in [-0.4, -0.2) is 40.0 Å². The number of likely N-dealkylation sites (tertiary alicyclic amines) is 1. The molecule has 1 N–H and O–H groups in total. The fraction of sp³-hybridized carbons (Fsp3) is 0.300. The Morgan fingerprint density at radius 3 is 2.37 bits per heavy atom. The molecule has 0 aliphatic carbocycles. The summed E-state index contributed by atoms with van der Waals surface area (Å²) < 4.78 is 0. The van der Waals surface area contributed by atoms with Crippen LogP contribution in [0.2, 0.25) is 0 Å². The lowest BCUT2D eigenvalue weighted by Crippen LogP contribution is -2.39. The van der Waals surface area contributed by atoms with Crippen molar-refractivity contribution < 1.29 is 14.6 Å². The van der Waals surface area contributed by atoms with E-state index in [1.54, 1.807) is 24.3 Å². The molecule has 0 aromatic heterocycles. The Labute approximate surface area is 172 Å². The number of carbonyl (C=O) groups is 1. The number of nitrogens with zero attached hydrogens (tertiary/aromatic N) is 4. The van der Waals surface area contributed by atoms with Crippen molar-refractivity contribution in [2.24, 2.45) is 11.0 Å². The molecule has 1 aliphatic rings. The molecule has 10 heteroatoms. The Balaban J connectivity index is 1.45. The summed E-state index contributed by atoms with van der Waals surface area (Å²) in [5.74, 6) is -0.327. The van der Waals surface area contributed by atoms with Gasteiger partial charge in [0.25, 0.3) is 11.4 Å². The van der Waals surface area contributed by atoms with Crippen LogP contribution in [0.1, 0.15) is 24.0 Å². The molecule has 10 nitrogen and oxygen atoms in total. The molecule has 2 aromatic carbocycles. The van der Waals surface area contributed by atoms with E-state index in [9.17, 15) is 25.0 Å². The van der Waals surface area contributed by atoms with Crippen LogP contribution in [0.15, 0.2) is 53.6 Å². The predicted octanol–water partition coefficient (Wildman–Crippen LogP) is 2.87. The Morgan fingerprint density at radius 2 is 1.73 bits per heavy atom. The molecule has 30 heavy (non-hydrogen) atoms. The maximum atomic E-state index is 12.3. The number of benzene rings is 2. The van der Waals surface area contributed by atoms with Gasteiger partial charge in [0.15, 0.2) is 0 Å². The van der Waals surface area contributed by atoms with Gasteiger partial charge in [0.2, 0.25) is 5.91 Å². The van der Waals surface area contributed by atoms with Crippen LogP contribution < -0.4 is 5.43 Å². The normalized spacial score (nSPS) is 15.2. The van der Waals surface area contributed by atoms with Crippen molar-refractivity contribution in [3.8, 4) is 0 Å². The van der Waals surface area contributed by atoms with Gasteiger partial charge >= 0.3 is 0 Å². The van der Waals surface area contributed by atoms with E-state index in [1.165, 1.54) is 30.5 Å². The summed E-state index contributed by atoms with van der Waals surface area (Å²) in [6.45, 7) is 2.16. The topological polar surface area (TPSA) is 131 Å². The number of nitro benzene ring substituents is 2. The van der Waals surface area contributed by atoms with E-state index in [-0.39, 0.29) is 23.2 Å². The standard InChI is InChI=1S/C20H21N5O5/c26-20(22-21-13-16-2-1-3-19(12-16)25(29)30)17-8-10-23(11-9-17)14-15-4-6-18(7-5-15)24(27)28/h1-7,12-13,17H,8-11,14H2,(H,22,26)/b21-13-. The first-order chi connectivity index (χ1) is 14.4. The van der Waals surface area contributed by atoms with Gasteiger partial charge in [0.1, 0.15) is 0 Å². The quantitative estimate of drug-likeness (QED) is 0.423. The van der Waals surface area contributed by atoms with Crippen molar-refractivity contribution in [3.63, 3.8) is 0 Å². The maximum Gasteiger partial charge on any atom is 0.270 e. The lowest BCUT2D eigenvalue weighted by molar-refractivity contribution is -0.385. The SMILES string of the molecule is O=C(N/N=C\c1cccc([N+](=O)[O-])c1)C1CCN(Cc2ccc([N+](=O)[O-])cc2)CC1. The van der Waals surface area contributed by atoms with Crippen molar-refractivity contribution in [2.75, 3.05) is 13.1 Å². The van der Waals surface area contributed by atoms with Crippen molar-refractivity contribution in [3.05, 3.63) is 79.9 Å². The minimum atomic E-state index is -0.486. The van der Waals surface area contributed by atoms with E-state index in [2.05, 4.69) is 15.4 Å². The second-order valence-electron chi connectivity index (χ2n) is 7.06. The van der Waals surface area contributed by atoms with E-state index in [1.807, 2.05) is 0 Å². The van der Waals surface area contributed by atoms with Gasteiger partial charge in [0.05, 0.1) is 16.1 Å². The molecule has 1 saturated heterocycles. The molecule has 0 unspecified atom stereocenters. The van der Waals surface area contributed by atoms with Crippen LogP contribution in [0.25, 0.3) is 0 Å². The average Bonchev–Trinajstić information content (AvgIpc) is 2.75. The highest BCUT2D eigenvalue weighted by Crippen LogP contribution is 2.20. The lowest BCUT2D eigenvalue weighted by Gasteiger charge is -2.30. The van der Waals surface area contributed by atoms with Gasteiger partial charge in [-0.1, -0.05) is 24.3 Å². The van der Waals surface area contributed by atoms with E-state index < -0.39 is 9.85 Å². The van der Waals surface area contributed by atoms with Crippen molar-refractivity contribution in [1.82, 2.24) is 10.3 Å². The molecular formula is C20H21N5O5. The third-order valence-corrected chi connectivity index (χ3v) is 4.98. The van der Waals surface area contributed by atoms with Crippen molar-refractivity contribution >= 4 is 23.5 Å². The van der Waals surface area contributed by atoms with Crippen LogP contribution in [-0.2, 0) is 11.3 Å². The summed E-state index contributed by atoms with van der Waals surface area (Å²) in [6.07, 6.45) is 2.75. The zero-order valence-electron chi connectivity index (χ0n) is 16.1. The Bertz CT molecular complexity index is 952. The summed E-state index contributed by atoms with van der Waals surface area (Å²) in [6, 6.07) is 12.5. The zero-order chi connectivity index (χ0) is 21.5. The van der Waals surface area contributed by atoms with E-state index in [0.29, 0.717) is 24.9 Å². The average molecular weight is 411 g/mol. The summed E-state index contributed by atoms with van der Waals surface area (Å²) in [5, 5.41) is 25.4. The van der Waals surface area contributed by atoms with Crippen LogP contribution in [0, 0.1) is 26.1 Å². The lowest BCUT2D eigenvalue weighted by atomic mass is 9.96. The molecule has 1 aliphatic heterocycles. The summed E-state index contributed by atoms with van der Waals surface area (Å²) in [7, 11) is 0. The molecule has 1 amide bonds. The highest BCUT2D eigenvalue weighted by atomic mass is 16.6. The number of carbonyl (C=O) groups excluding carboxylic acids is 1. The molecule has 0 bridgehead atoms. The smallest absolute Gasteiger partial charge is 0.270 e. The Morgan fingerprint density at radius 1 is 1.07 bits per heavy atom. The summed E-state index contributed by atoms with van der Waals surface area (Å²) >= 11 is 0. The second kappa shape index (κ2) is 9.70. The van der Waals surface area contributed by atoms with Crippen LogP contribution in [0.5, 0.6) is 0 Å². The van der Waals surface area contributed by atoms with Gasteiger partial charge < -0.3 is 0 Å². The van der Waals surface area contributed by atoms with E-state index >= 15 is 0 Å². The number of hydrogen-bond donors (Lipinski definition) is 1. The molecule has 2 aromatic rings. The molecule has 1 fully saturated rings. The fourth-order valence-electron chi connectivity index (χ4n) is 3.31. The molecular weight excluding hydrogens is 390 g/mol. The number of non-ortho nitro benzene ring substituents is 2. The number of hydrogen-bond acceptors (Lipinski definition) is 7. The first-order valence-corrected chi connectivity index (χ1v) is 9.45. The number of rotatable bonds is 7. The van der Waals surface area contributed by atoms with Crippen LogP contribution in [0.3, 0.4) is 0 Å². The highest BCUT2D eigenvalue weighted by molar-refractivity contribution is 5.83. The molecule has 0 saturated carbocycles. The zero-order valence-corrected chi connectivity index (χ0v) is 16.1. The number of piperidine rings is 1. The Hall–Kier alpha value is -3.66. The third kappa shape index (κ3) is 5.67. The summed E-state index contributed by atoms with van der Waals surface area (Å²) in [4.78, 5) is 35.1. The van der Waals surface area contributed by atoms with Crippen molar-refractivity contribution in [2.45, 2.75) is 19.4 Å². The first kappa shape index (κ1) is 21.1. The van der Waals surface area contributed by atoms with E-state index in [4.69, 9.17) is 0 Å². The third-order valence-electron chi connectivity index (χ3n) is 4.98. The van der Waals surface area contributed by atoms with E-state index in [0.717, 1.165) is 18.7 Å². The molecule has 1 heterocycles. The first-order valence-electron chi connectivity index (χ1n) is 9.45. The number of amides is 1. The molecule has 3 rings (SSSR count). The molecule has 0 atom stereocenters. The van der Waals surface area contributed by atoms with Gasteiger partial charge in [-0.25, -0.2) is 5.43 Å². The molecule has 156 valence electrons. The minimum absolute atomic E-state index is 0.0364. The van der Waals surface area contributed by atoms with Gasteiger partial charge in [-0.3, -0.25) is 29.9 Å². The van der Waals surface area contributed by atoms with Crippen LogP contribution in [0.4, 0.5) is 11.4 Å². The predicted molar refractivity (Wildman–Crippen MR) is 110 cm³/mol.